The van der Waals surface area contributed by atoms with Crippen molar-refractivity contribution >= 4 is 34.4 Å². The minimum absolute atomic E-state index is 0.233. The van der Waals surface area contributed by atoms with Crippen molar-refractivity contribution in [1.82, 2.24) is 0 Å². The first kappa shape index (κ1) is 16.9. The molecule has 0 N–H and O–H groups in total. The molecule has 0 saturated heterocycles. The number of rotatable bonds is 4. The number of benzene rings is 2. The molecule has 2 nitrogen and oxygen atoms in total. The lowest BCUT2D eigenvalue weighted by Gasteiger charge is -2.25. The van der Waals surface area contributed by atoms with E-state index in [9.17, 15) is 4.79 Å². The fourth-order valence-electron chi connectivity index (χ4n) is 2.22. The molecule has 0 amide bonds. The van der Waals surface area contributed by atoms with Crippen molar-refractivity contribution in [2.75, 3.05) is 6.16 Å². The molecule has 0 atom stereocenters. The zero-order chi connectivity index (χ0) is 16.2. The van der Waals surface area contributed by atoms with Crippen LogP contribution >= 0.6 is 6.04 Å². The number of hydrogen-bond acceptors (Lipinski definition) is 3. The van der Waals surface area contributed by atoms with Gasteiger partial charge in [0.25, 0.3) is 0 Å². The van der Waals surface area contributed by atoms with Gasteiger partial charge in [-0.3, -0.25) is 4.79 Å². The Bertz CT molecular complexity index is 632. The predicted molar refractivity (Wildman–Crippen MR) is 97.1 cm³/mol. The Kier molecular flexibility index (Phi) is 5.20. The minimum atomic E-state index is -2.21. The van der Waals surface area contributed by atoms with Gasteiger partial charge in [-0.25, -0.2) is 0 Å². The van der Waals surface area contributed by atoms with Gasteiger partial charge in [-0.1, -0.05) is 72.5 Å². The van der Waals surface area contributed by atoms with Crippen molar-refractivity contribution in [2.45, 2.75) is 26.4 Å². The molecular formula is C18H21O2PS. The summed E-state index contributed by atoms with van der Waals surface area (Å²) in [7, 11) is 0. The Balaban J connectivity index is 2.40. The van der Waals surface area contributed by atoms with Crippen molar-refractivity contribution in [3.8, 4) is 0 Å². The molecule has 2 aromatic carbocycles. The molecule has 0 fully saturated rings. The SMILES string of the molecule is CC(C)(C)OC(=O)CP(=S)(c1ccccc1)c1ccccc1. The summed E-state index contributed by atoms with van der Waals surface area (Å²) < 4.78 is 5.50. The highest BCUT2D eigenvalue weighted by molar-refractivity contribution is 8.22. The minimum Gasteiger partial charge on any atom is -0.460 e. The van der Waals surface area contributed by atoms with Crippen LogP contribution in [-0.2, 0) is 21.3 Å². The van der Waals surface area contributed by atoms with Gasteiger partial charge >= 0.3 is 5.97 Å². The average Bonchev–Trinajstić information content (AvgIpc) is 2.47. The van der Waals surface area contributed by atoms with Gasteiger partial charge in [0.2, 0.25) is 0 Å². The van der Waals surface area contributed by atoms with E-state index in [1.165, 1.54) is 0 Å². The Morgan fingerprint density at radius 3 is 1.73 bits per heavy atom. The van der Waals surface area contributed by atoms with Gasteiger partial charge in [0.15, 0.2) is 0 Å². The molecular weight excluding hydrogens is 311 g/mol. The van der Waals surface area contributed by atoms with Gasteiger partial charge in [0.1, 0.15) is 5.60 Å². The molecule has 116 valence electrons. The second-order valence-corrected chi connectivity index (χ2v) is 10.9. The highest BCUT2D eigenvalue weighted by atomic mass is 32.4. The quantitative estimate of drug-likeness (QED) is 0.634. The lowest BCUT2D eigenvalue weighted by atomic mass is 10.2. The van der Waals surface area contributed by atoms with Crippen molar-refractivity contribution in [1.29, 1.82) is 0 Å². The Labute approximate surface area is 137 Å². The number of carbonyl (C=O) groups is 1. The summed E-state index contributed by atoms with van der Waals surface area (Å²) in [6.45, 7) is 5.62. The predicted octanol–water partition coefficient (Wildman–Crippen LogP) is 3.46. The molecule has 0 heterocycles. The monoisotopic (exact) mass is 332 g/mol. The van der Waals surface area contributed by atoms with Crippen LogP contribution in [0.2, 0.25) is 0 Å². The topological polar surface area (TPSA) is 26.3 Å². The molecule has 0 bridgehead atoms. The van der Waals surface area contributed by atoms with Crippen molar-refractivity contribution in [3.63, 3.8) is 0 Å². The molecule has 22 heavy (non-hydrogen) atoms. The Morgan fingerprint density at radius 2 is 1.36 bits per heavy atom. The Hall–Kier alpha value is -1.44. The van der Waals surface area contributed by atoms with Gasteiger partial charge in [-0.15, -0.1) is 0 Å². The molecule has 2 rings (SSSR count). The van der Waals surface area contributed by atoms with Crippen LogP contribution in [0, 0.1) is 0 Å². The van der Waals surface area contributed by atoms with Crippen molar-refractivity contribution < 1.29 is 9.53 Å². The maximum Gasteiger partial charge on any atom is 0.312 e. The first-order valence-corrected chi connectivity index (χ1v) is 10.2. The van der Waals surface area contributed by atoms with E-state index in [1.54, 1.807) is 0 Å². The third-order valence-electron chi connectivity index (χ3n) is 3.12. The highest BCUT2D eigenvalue weighted by Crippen LogP contribution is 2.43. The second kappa shape index (κ2) is 6.76. The van der Waals surface area contributed by atoms with Gasteiger partial charge in [-0.2, -0.15) is 0 Å². The summed E-state index contributed by atoms with van der Waals surface area (Å²) in [5, 5.41) is 2.09. The smallest absolute Gasteiger partial charge is 0.312 e. The standard InChI is InChI=1S/C18H21O2PS/c1-18(2,3)20-17(19)14-21(22,15-10-6-4-7-11-15)16-12-8-5-9-13-16/h4-13H,14H2,1-3H3. The van der Waals surface area contributed by atoms with E-state index in [0.29, 0.717) is 0 Å². The van der Waals surface area contributed by atoms with E-state index in [-0.39, 0.29) is 12.1 Å². The summed E-state index contributed by atoms with van der Waals surface area (Å²) >= 11 is 6.01. The van der Waals surface area contributed by atoms with Crippen LogP contribution in [0.1, 0.15) is 20.8 Å². The van der Waals surface area contributed by atoms with Gasteiger partial charge in [0, 0.05) is 6.04 Å². The summed E-state index contributed by atoms with van der Waals surface area (Å²) in [6, 6.07) is 17.6. The van der Waals surface area contributed by atoms with E-state index >= 15 is 0 Å². The van der Waals surface area contributed by atoms with Gasteiger partial charge in [-0.05, 0) is 31.4 Å². The zero-order valence-electron chi connectivity index (χ0n) is 13.2. The summed E-state index contributed by atoms with van der Waals surface area (Å²) in [5.41, 5.74) is -0.495. The number of carbonyl (C=O) groups excluding carboxylic acids is 1. The summed E-state index contributed by atoms with van der Waals surface area (Å²) in [6.07, 6.45) is 0.244. The molecule has 0 saturated carbocycles. The van der Waals surface area contributed by atoms with E-state index < -0.39 is 11.6 Å². The van der Waals surface area contributed by atoms with Gasteiger partial charge < -0.3 is 4.74 Å². The van der Waals surface area contributed by atoms with E-state index in [2.05, 4.69) is 0 Å². The van der Waals surface area contributed by atoms with Crippen LogP contribution in [0.15, 0.2) is 60.7 Å². The van der Waals surface area contributed by atoms with Crippen LogP contribution in [0.3, 0.4) is 0 Å². The van der Waals surface area contributed by atoms with Gasteiger partial charge in [0.05, 0.1) is 6.16 Å². The molecule has 0 aliphatic heterocycles. The lowest BCUT2D eigenvalue weighted by molar-refractivity contribution is -0.151. The number of esters is 1. The van der Waals surface area contributed by atoms with Crippen LogP contribution < -0.4 is 10.6 Å². The van der Waals surface area contributed by atoms with Crippen molar-refractivity contribution in [3.05, 3.63) is 60.7 Å². The van der Waals surface area contributed by atoms with E-state index in [4.69, 9.17) is 16.5 Å². The lowest BCUT2D eigenvalue weighted by Crippen LogP contribution is -2.29. The summed E-state index contributed by atoms with van der Waals surface area (Å²) in [4.78, 5) is 12.4. The van der Waals surface area contributed by atoms with E-state index in [0.717, 1.165) is 10.6 Å². The molecule has 4 heteroatoms. The second-order valence-electron chi connectivity index (χ2n) is 6.16. The maximum absolute atomic E-state index is 12.4. The zero-order valence-corrected chi connectivity index (χ0v) is 14.9. The van der Waals surface area contributed by atoms with Crippen LogP contribution in [0.5, 0.6) is 0 Å². The molecule has 0 aromatic heterocycles. The fourth-order valence-corrected chi connectivity index (χ4v) is 5.67. The van der Waals surface area contributed by atoms with Crippen molar-refractivity contribution in [2.24, 2.45) is 0 Å². The normalized spacial score (nSPS) is 12.0. The largest absolute Gasteiger partial charge is 0.460 e. The first-order valence-electron chi connectivity index (χ1n) is 7.23. The third kappa shape index (κ3) is 4.28. The molecule has 0 unspecified atom stereocenters. The summed E-state index contributed by atoms with van der Waals surface area (Å²) in [5.74, 6) is -0.233. The van der Waals surface area contributed by atoms with Crippen LogP contribution in [0.4, 0.5) is 0 Å². The van der Waals surface area contributed by atoms with E-state index in [1.807, 2.05) is 81.4 Å². The average molecular weight is 332 g/mol. The molecule has 0 spiro atoms. The molecule has 0 radical (unpaired) electrons. The highest BCUT2D eigenvalue weighted by Gasteiger charge is 2.28. The molecule has 0 aliphatic rings. The number of hydrogen-bond donors (Lipinski definition) is 0. The molecule has 2 aromatic rings. The maximum atomic E-state index is 12.4. The number of ether oxygens (including phenoxy) is 1. The molecule has 0 aliphatic carbocycles. The third-order valence-corrected chi connectivity index (χ3v) is 7.74. The van der Waals surface area contributed by atoms with Crippen LogP contribution in [-0.4, -0.2) is 17.7 Å². The fraction of sp³-hybridized carbons (Fsp3) is 0.278. The first-order chi connectivity index (χ1) is 10.3. The Morgan fingerprint density at radius 1 is 0.955 bits per heavy atom. The van der Waals surface area contributed by atoms with Crippen LogP contribution in [0.25, 0.3) is 0 Å².